The van der Waals surface area contributed by atoms with E-state index in [2.05, 4.69) is 0 Å². The highest BCUT2D eigenvalue weighted by molar-refractivity contribution is 6.34. The number of carboxylic acids is 2. The lowest BCUT2D eigenvalue weighted by Gasteiger charge is -2.00. The Balaban J connectivity index is 3.41. The minimum atomic E-state index is -1.19. The van der Waals surface area contributed by atoms with E-state index in [-0.39, 0.29) is 24.3 Å². The van der Waals surface area contributed by atoms with Crippen molar-refractivity contribution in [3.63, 3.8) is 0 Å². The SMILES string of the molecule is N=C(CCCCCCC(=N)C(=O)O)C(=O)O. The smallest absolute Gasteiger partial charge is 0.349 e. The molecule has 0 aromatic heterocycles. The fourth-order valence-electron chi connectivity index (χ4n) is 1.17. The third-order valence-corrected chi connectivity index (χ3v) is 2.12. The van der Waals surface area contributed by atoms with Crippen molar-refractivity contribution in [1.29, 1.82) is 10.8 Å². The number of hydrogen-bond donors (Lipinski definition) is 4. The van der Waals surface area contributed by atoms with Crippen LogP contribution in [0, 0.1) is 10.8 Å². The van der Waals surface area contributed by atoms with Crippen LogP contribution in [0.2, 0.25) is 0 Å². The van der Waals surface area contributed by atoms with E-state index in [1.54, 1.807) is 0 Å². The minimum absolute atomic E-state index is 0.242. The summed E-state index contributed by atoms with van der Waals surface area (Å²) in [6, 6.07) is 0. The average molecular weight is 228 g/mol. The lowest BCUT2D eigenvalue weighted by Crippen LogP contribution is -2.11. The normalized spacial score (nSPS) is 9.75. The van der Waals surface area contributed by atoms with Gasteiger partial charge in [-0.25, -0.2) is 9.59 Å². The molecular weight excluding hydrogens is 212 g/mol. The molecule has 0 aliphatic carbocycles. The van der Waals surface area contributed by atoms with E-state index >= 15 is 0 Å². The largest absolute Gasteiger partial charge is 0.477 e. The summed E-state index contributed by atoms with van der Waals surface area (Å²) in [5, 5.41) is 30.9. The number of rotatable bonds is 9. The van der Waals surface area contributed by atoms with Gasteiger partial charge in [0.05, 0.1) is 0 Å². The summed E-state index contributed by atoms with van der Waals surface area (Å²) >= 11 is 0. The molecule has 0 aromatic rings. The molecule has 0 fully saturated rings. The molecule has 0 aliphatic heterocycles. The van der Waals surface area contributed by atoms with Crippen molar-refractivity contribution in [2.75, 3.05) is 0 Å². The second kappa shape index (κ2) is 7.56. The molecule has 0 aromatic carbocycles. The highest BCUT2D eigenvalue weighted by Gasteiger charge is 2.07. The van der Waals surface area contributed by atoms with Crippen LogP contribution in [0.5, 0.6) is 0 Å². The van der Waals surface area contributed by atoms with Crippen LogP contribution in [0.3, 0.4) is 0 Å². The first-order chi connectivity index (χ1) is 7.45. The molecule has 0 saturated heterocycles. The van der Waals surface area contributed by atoms with Gasteiger partial charge >= 0.3 is 11.9 Å². The molecule has 0 heterocycles. The number of carbonyl (C=O) groups is 2. The quantitative estimate of drug-likeness (QED) is 0.353. The predicted octanol–water partition coefficient (Wildman–Crippen LogP) is 1.54. The van der Waals surface area contributed by atoms with E-state index in [0.717, 1.165) is 12.8 Å². The van der Waals surface area contributed by atoms with Crippen molar-refractivity contribution >= 4 is 23.4 Å². The van der Waals surface area contributed by atoms with Crippen molar-refractivity contribution in [3.05, 3.63) is 0 Å². The molecule has 0 radical (unpaired) electrons. The highest BCUT2D eigenvalue weighted by atomic mass is 16.4. The van der Waals surface area contributed by atoms with Crippen molar-refractivity contribution in [1.82, 2.24) is 0 Å². The van der Waals surface area contributed by atoms with Crippen LogP contribution in [0.4, 0.5) is 0 Å². The molecule has 0 rings (SSSR count). The lowest BCUT2D eigenvalue weighted by atomic mass is 10.1. The molecule has 0 atom stereocenters. The molecule has 0 bridgehead atoms. The first-order valence-electron chi connectivity index (χ1n) is 5.06. The topological polar surface area (TPSA) is 122 Å². The van der Waals surface area contributed by atoms with E-state index in [1.165, 1.54) is 0 Å². The van der Waals surface area contributed by atoms with Gasteiger partial charge in [-0.1, -0.05) is 12.8 Å². The Labute approximate surface area is 93.3 Å². The van der Waals surface area contributed by atoms with Gasteiger partial charge in [0.25, 0.3) is 0 Å². The third-order valence-electron chi connectivity index (χ3n) is 2.12. The monoisotopic (exact) mass is 228 g/mol. The fourth-order valence-corrected chi connectivity index (χ4v) is 1.17. The molecule has 4 N–H and O–H groups in total. The number of hydrogen-bond acceptors (Lipinski definition) is 4. The Hall–Kier alpha value is -1.72. The Morgan fingerprint density at radius 2 is 1.06 bits per heavy atom. The number of aliphatic carboxylic acids is 2. The van der Waals surface area contributed by atoms with Gasteiger partial charge in [-0.2, -0.15) is 0 Å². The zero-order valence-electron chi connectivity index (χ0n) is 8.95. The van der Waals surface area contributed by atoms with E-state index in [9.17, 15) is 9.59 Å². The molecule has 6 nitrogen and oxygen atoms in total. The summed E-state index contributed by atoms with van der Waals surface area (Å²) in [6.45, 7) is 0. The average Bonchev–Trinajstić information content (AvgIpc) is 2.21. The van der Waals surface area contributed by atoms with Gasteiger partial charge in [-0.3, -0.25) is 10.8 Å². The summed E-state index contributed by atoms with van der Waals surface area (Å²) in [5.74, 6) is -2.37. The van der Waals surface area contributed by atoms with Crippen LogP contribution >= 0.6 is 0 Å². The summed E-state index contributed by atoms with van der Waals surface area (Å²) in [7, 11) is 0. The van der Waals surface area contributed by atoms with E-state index in [1.807, 2.05) is 0 Å². The zero-order chi connectivity index (χ0) is 12.6. The second-order valence-electron chi connectivity index (χ2n) is 3.48. The number of unbranched alkanes of at least 4 members (excludes halogenated alkanes) is 3. The second-order valence-corrected chi connectivity index (χ2v) is 3.48. The number of nitrogens with one attached hydrogen (secondary N) is 2. The van der Waals surface area contributed by atoms with Crippen LogP contribution < -0.4 is 0 Å². The first-order valence-corrected chi connectivity index (χ1v) is 5.06. The van der Waals surface area contributed by atoms with E-state index < -0.39 is 11.9 Å². The maximum Gasteiger partial charge on any atom is 0.349 e. The summed E-state index contributed by atoms with van der Waals surface area (Å²) < 4.78 is 0. The Kier molecular flexibility index (Phi) is 6.74. The van der Waals surface area contributed by atoms with E-state index in [4.69, 9.17) is 21.0 Å². The van der Waals surface area contributed by atoms with Crippen LogP contribution in [0.1, 0.15) is 38.5 Å². The number of carboxylic acid groups (broad SMARTS) is 2. The first kappa shape index (κ1) is 14.3. The zero-order valence-corrected chi connectivity index (χ0v) is 8.95. The van der Waals surface area contributed by atoms with Crippen molar-refractivity contribution in [2.24, 2.45) is 0 Å². The van der Waals surface area contributed by atoms with Gasteiger partial charge < -0.3 is 10.2 Å². The molecule has 0 aliphatic rings. The van der Waals surface area contributed by atoms with E-state index in [0.29, 0.717) is 12.8 Å². The Morgan fingerprint density at radius 3 is 1.31 bits per heavy atom. The Morgan fingerprint density at radius 1 is 0.750 bits per heavy atom. The van der Waals surface area contributed by atoms with Crippen LogP contribution in [0.25, 0.3) is 0 Å². The fraction of sp³-hybridized carbons (Fsp3) is 0.600. The van der Waals surface area contributed by atoms with Gasteiger partial charge in [0, 0.05) is 0 Å². The molecule has 0 saturated carbocycles. The highest BCUT2D eigenvalue weighted by Crippen LogP contribution is 2.06. The summed E-state index contributed by atoms with van der Waals surface area (Å²) in [4.78, 5) is 20.5. The Bertz CT molecular complexity index is 269. The van der Waals surface area contributed by atoms with Crippen molar-refractivity contribution < 1.29 is 19.8 Å². The van der Waals surface area contributed by atoms with Crippen molar-refractivity contribution in [2.45, 2.75) is 38.5 Å². The van der Waals surface area contributed by atoms with Gasteiger partial charge in [-0.05, 0) is 25.7 Å². The molecule has 0 unspecified atom stereocenters. The molecule has 90 valence electrons. The van der Waals surface area contributed by atoms with Crippen LogP contribution in [-0.2, 0) is 9.59 Å². The van der Waals surface area contributed by atoms with Crippen LogP contribution in [-0.4, -0.2) is 33.6 Å². The summed E-state index contributed by atoms with van der Waals surface area (Å²) in [5.41, 5.74) is -0.587. The molecular formula is C10H16N2O4. The maximum atomic E-state index is 10.3. The van der Waals surface area contributed by atoms with Gasteiger partial charge in [0.2, 0.25) is 0 Å². The van der Waals surface area contributed by atoms with Crippen LogP contribution in [0.15, 0.2) is 0 Å². The predicted molar refractivity (Wildman–Crippen MR) is 58.4 cm³/mol. The lowest BCUT2D eigenvalue weighted by molar-refractivity contribution is -0.130. The maximum absolute atomic E-state index is 10.3. The minimum Gasteiger partial charge on any atom is -0.477 e. The molecule has 0 amide bonds. The van der Waals surface area contributed by atoms with Gasteiger partial charge in [0.1, 0.15) is 11.4 Å². The van der Waals surface area contributed by atoms with Crippen molar-refractivity contribution in [3.8, 4) is 0 Å². The molecule has 0 spiro atoms. The van der Waals surface area contributed by atoms with Gasteiger partial charge in [-0.15, -0.1) is 0 Å². The summed E-state index contributed by atoms with van der Waals surface area (Å²) in [6.07, 6.45) is 3.22. The third kappa shape index (κ3) is 6.69. The molecule has 16 heavy (non-hydrogen) atoms. The standard InChI is InChI=1S/C10H16N2O4/c11-7(9(13)14)5-3-1-2-4-6-8(12)10(15)16/h11-12H,1-6H2,(H,13,14)(H,15,16). The van der Waals surface area contributed by atoms with Gasteiger partial charge in [0.15, 0.2) is 0 Å². The molecule has 6 heteroatoms.